The van der Waals surface area contributed by atoms with Gasteiger partial charge in [0.15, 0.2) is 11.0 Å². The minimum Gasteiger partial charge on any atom is -0.325 e. The summed E-state index contributed by atoms with van der Waals surface area (Å²) in [5.74, 6) is 0.893. The van der Waals surface area contributed by atoms with E-state index in [0.717, 1.165) is 32.8 Å². The Morgan fingerprint density at radius 1 is 0.938 bits per heavy atom. The predicted molar refractivity (Wildman–Crippen MR) is 135 cm³/mol. The van der Waals surface area contributed by atoms with Crippen molar-refractivity contribution < 1.29 is 4.79 Å². The van der Waals surface area contributed by atoms with Crippen LogP contribution in [0.15, 0.2) is 76.4 Å². The minimum absolute atomic E-state index is 0.0867. The van der Waals surface area contributed by atoms with Crippen LogP contribution in [0.25, 0.3) is 17.1 Å². The highest BCUT2D eigenvalue weighted by Crippen LogP contribution is 2.29. The number of nitrogens with one attached hydrogen (secondary N) is 1. The molecule has 0 radical (unpaired) electrons. The van der Waals surface area contributed by atoms with Crippen molar-refractivity contribution in [1.82, 2.24) is 14.8 Å². The van der Waals surface area contributed by atoms with Crippen molar-refractivity contribution in [3.05, 3.63) is 87.9 Å². The molecule has 0 fully saturated rings. The number of nitrogens with zero attached hydrogens (tertiary/aromatic N) is 3. The van der Waals surface area contributed by atoms with Crippen LogP contribution in [0.1, 0.15) is 16.7 Å². The zero-order chi connectivity index (χ0) is 22.7. The van der Waals surface area contributed by atoms with Crippen molar-refractivity contribution >= 4 is 39.3 Å². The molecule has 0 aliphatic heterocycles. The van der Waals surface area contributed by atoms with Gasteiger partial charge in [0.2, 0.25) is 5.91 Å². The van der Waals surface area contributed by atoms with Crippen LogP contribution in [0.3, 0.4) is 0 Å². The lowest BCUT2D eigenvalue weighted by atomic mass is 10.1. The quantitative estimate of drug-likeness (QED) is 0.309. The van der Waals surface area contributed by atoms with Crippen LogP contribution < -0.4 is 5.32 Å². The number of hydrogen-bond acceptors (Lipinski definition) is 4. The van der Waals surface area contributed by atoms with E-state index in [2.05, 4.69) is 63.5 Å². The molecule has 1 heterocycles. The second-order valence-corrected chi connectivity index (χ2v) is 9.43. The maximum atomic E-state index is 12.6. The summed E-state index contributed by atoms with van der Waals surface area (Å²) in [6.45, 7) is 6.15. The van der Waals surface area contributed by atoms with Gasteiger partial charge in [-0.15, -0.1) is 10.2 Å². The molecule has 0 atom stereocenters. The number of carbonyl (C=O) groups excluding carboxylic acids is 1. The molecule has 3 aromatic carbocycles. The van der Waals surface area contributed by atoms with Gasteiger partial charge in [-0.3, -0.25) is 9.36 Å². The van der Waals surface area contributed by atoms with E-state index in [1.807, 2.05) is 60.0 Å². The molecule has 0 bridgehead atoms. The molecule has 1 amide bonds. The van der Waals surface area contributed by atoms with Crippen LogP contribution in [-0.2, 0) is 4.79 Å². The normalized spacial score (nSPS) is 10.9. The number of halogens is 1. The summed E-state index contributed by atoms with van der Waals surface area (Å²) < 4.78 is 3.00. The topological polar surface area (TPSA) is 59.8 Å². The van der Waals surface area contributed by atoms with Gasteiger partial charge in [-0.25, -0.2) is 0 Å². The summed E-state index contributed by atoms with van der Waals surface area (Å²) in [5.41, 5.74) is 6.17. The number of rotatable bonds is 6. The van der Waals surface area contributed by atoms with Crippen molar-refractivity contribution in [3.63, 3.8) is 0 Å². The number of amides is 1. The van der Waals surface area contributed by atoms with Crippen molar-refractivity contribution in [2.75, 3.05) is 11.1 Å². The third kappa shape index (κ3) is 4.95. The van der Waals surface area contributed by atoms with Crippen molar-refractivity contribution in [2.24, 2.45) is 0 Å². The zero-order valence-electron chi connectivity index (χ0n) is 18.1. The monoisotopic (exact) mass is 506 g/mol. The molecule has 0 aliphatic carbocycles. The Morgan fingerprint density at radius 2 is 1.72 bits per heavy atom. The first-order valence-corrected chi connectivity index (χ1v) is 12.0. The largest absolute Gasteiger partial charge is 0.325 e. The first kappa shape index (κ1) is 22.3. The molecule has 4 rings (SSSR count). The molecule has 1 aromatic heterocycles. The Morgan fingerprint density at radius 3 is 2.44 bits per heavy atom. The molecule has 4 aromatic rings. The van der Waals surface area contributed by atoms with E-state index in [1.54, 1.807) is 0 Å². The Labute approximate surface area is 200 Å². The molecular weight excluding hydrogens is 484 g/mol. The molecular formula is C25H23BrN4OS. The lowest BCUT2D eigenvalue weighted by Gasteiger charge is -2.12. The first-order valence-electron chi connectivity index (χ1n) is 10.2. The number of thioether (sulfide) groups is 1. The molecule has 0 saturated heterocycles. The summed E-state index contributed by atoms with van der Waals surface area (Å²) in [6, 6.07) is 22.0. The number of anilines is 1. The summed E-state index contributed by atoms with van der Waals surface area (Å²) in [6.07, 6.45) is 0. The van der Waals surface area contributed by atoms with Crippen LogP contribution in [0.2, 0.25) is 0 Å². The second-order valence-electron chi connectivity index (χ2n) is 7.57. The summed E-state index contributed by atoms with van der Waals surface area (Å²) in [7, 11) is 0. The lowest BCUT2D eigenvalue weighted by Crippen LogP contribution is -2.15. The Bertz CT molecular complexity index is 1270. The fourth-order valence-electron chi connectivity index (χ4n) is 3.32. The predicted octanol–water partition coefficient (Wildman–Crippen LogP) is 6.35. The molecule has 0 unspecified atom stereocenters. The standard InChI is InChI=1S/C25H23BrN4OS/c1-16-9-11-21(14-17(16)2)30-24(19-7-5-4-6-8-19)28-29-25(30)32-15-23(31)27-22-12-10-20(26)13-18(22)3/h4-14H,15H2,1-3H3,(H,27,31). The SMILES string of the molecule is Cc1ccc(-n2c(SCC(=O)Nc3ccc(Br)cc3C)nnc2-c2ccccc2)cc1C. The highest BCUT2D eigenvalue weighted by atomic mass is 79.9. The molecule has 1 N–H and O–H groups in total. The number of hydrogen-bond donors (Lipinski definition) is 1. The first-order chi connectivity index (χ1) is 15.4. The van der Waals surface area contributed by atoms with Gasteiger partial charge in [0.05, 0.1) is 11.4 Å². The number of benzene rings is 3. The van der Waals surface area contributed by atoms with Crippen molar-refractivity contribution in [2.45, 2.75) is 25.9 Å². The van der Waals surface area contributed by atoms with E-state index in [9.17, 15) is 4.79 Å². The molecule has 162 valence electrons. The highest BCUT2D eigenvalue weighted by molar-refractivity contribution is 9.10. The highest BCUT2D eigenvalue weighted by Gasteiger charge is 2.18. The van der Waals surface area contributed by atoms with E-state index in [1.165, 1.54) is 22.9 Å². The zero-order valence-corrected chi connectivity index (χ0v) is 20.5. The van der Waals surface area contributed by atoms with Crippen LogP contribution in [0, 0.1) is 20.8 Å². The summed E-state index contributed by atoms with van der Waals surface area (Å²) in [4.78, 5) is 12.6. The van der Waals surface area contributed by atoms with Crippen molar-refractivity contribution in [1.29, 1.82) is 0 Å². The average molecular weight is 507 g/mol. The van der Waals surface area contributed by atoms with Crippen LogP contribution in [0.5, 0.6) is 0 Å². The third-order valence-electron chi connectivity index (χ3n) is 5.21. The van der Waals surface area contributed by atoms with Gasteiger partial charge in [0.1, 0.15) is 0 Å². The van der Waals surface area contributed by atoms with Gasteiger partial charge in [0.25, 0.3) is 0 Å². The molecule has 0 aliphatic rings. The fraction of sp³-hybridized carbons (Fsp3) is 0.160. The maximum absolute atomic E-state index is 12.6. The van der Waals surface area contributed by atoms with Gasteiger partial charge in [-0.05, 0) is 67.8 Å². The van der Waals surface area contributed by atoms with E-state index in [-0.39, 0.29) is 11.7 Å². The smallest absolute Gasteiger partial charge is 0.234 e. The van der Waals surface area contributed by atoms with Gasteiger partial charge in [-0.2, -0.15) is 0 Å². The van der Waals surface area contributed by atoms with E-state index < -0.39 is 0 Å². The maximum Gasteiger partial charge on any atom is 0.234 e. The van der Waals surface area contributed by atoms with Crippen LogP contribution >= 0.6 is 27.7 Å². The van der Waals surface area contributed by atoms with Crippen molar-refractivity contribution in [3.8, 4) is 17.1 Å². The van der Waals surface area contributed by atoms with Crippen LogP contribution in [-0.4, -0.2) is 26.4 Å². The Hall–Kier alpha value is -2.90. The molecule has 5 nitrogen and oxygen atoms in total. The van der Waals surface area contributed by atoms with Gasteiger partial charge >= 0.3 is 0 Å². The third-order valence-corrected chi connectivity index (χ3v) is 6.63. The number of aryl methyl sites for hydroxylation is 3. The summed E-state index contributed by atoms with van der Waals surface area (Å²) >= 11 is 4.82. The van der Waals surface area contributed by atoms with Gasteiger partial charge in [0, 0.05) is 15.7 Å². The van der Waals surface area contributed by atoms with Crippen LogP contribution in [0.4, 0.5) is 5.69 Å². The second kappa shape index (κ2) is 9.71. The molecule has 7 heteroatoms. The van der Waals surface area contributed by atoms with Gasteiger partial charge < -0.3 is 5.32 Å². The molecule has 32 heavy (non-hydrogen) atoms. The average Bonchev–Trinajstić information content (AvgIpc) is 3.21. The Kier molecular flexibility index (Phi) is 6.77. The minimum atomic E-state index is -0.0867. The lowest BCUT2D eigenvalue weighted by molar-refractivity contribution is -0.113. The number of carbonyl (C=O) groups is 1. The van der Waals surface area contributed by atoms with Gasteiger partial charge in [-0.1, -0.05) is 64.1 Å². The fourth-order valence-corrected chi connectivity index (χ4v) is 4.55. The summed E-state index contributed by atoms with van der Waals surface area (Å²) in [5, 5.41) is 12.5. The number of aromatic nitrogens is 3. The molecule has 0 spiro atoms. The van der Waals surface area contributed by atoms with E-state index >= 15 is 0 Å². The Balaban J connectivity index is 1.61. The molecule has 0 saturated carbocycles. The van der Waals surface area contributed by atoms with E-state index in [4.69, 9.17) is 0 Å². The van der Waals surface area contributed by atoms with E-state index in [0.29, 0.717) is 5.16 Å².